The van der Waals surface area contributed by atoms with E-state index in [0.29, 0.717) is 37.1 Å². The molecule has 0 radical (unpaired) electrons. The van der Waals surface area contributed by atoms with Gasteiger partial charge in [0, 0.05) is 35.7 Å². The van der Waals surface area contributed by atoms with E-state index >= 15 is 0 Å². The fourth-order valence-electron chi connectivity index (χ4n) is 6.73. The average Bonchev–Trinajstić information content (AvgIpc) is 3.26. The third-order valence-corrected chi connectivity index (χ3v) is 8.77. The molecule has 0 fully saturated rings. The monoisotopic (exact) mass is 615 g/mol. The molecular weight excluding hydrogens is 580 g/mol. The average molecular weight is 616 g/mol. The van der Waals surface area contributed by atoms with Crippen LogP contribution in [0.15, 0.2) is 90.1 Å². The summed E-state index contributed by atoms with van der Waals surface area (Å²) in [5.41, 5.74) is 4.21. The minimum absolute atomic E-state index is 0.0664. The Bertz CT molecular complexity index is 1440. The lowest BCUT2D eigenvalue weighted by molar-refractivity contribution is -0.138. The molecule has 2 N–H and O–H groups in total. The molecule has 0 unspecified atom stereocenters. The molecule has 3 aromatic rings. The van der Waals surface area contributed by atoms with Gasteiger partial charge in [-0.2, -0.15) is 26.3 Å². The van der Waals surface area contributed by atoms with E-state index in [2.05, 4.69) is 18.2 Å². The summed E-state index contributed by atoms with van der Waals surface area (Å²) in [5, 5.41) is 19.1. The van der Waals surface area contributed by atoms with E-state index in [9.17, 15) is 36.6 Å². The van der Waals surface area contributed by atoms with E-state index in [0.717, 1.165) is 66.8 Å². The molecule has 5 rings (SSSR count). The number of rotatable bonds is 11. The quantitative estimate of drug-likeness (QED) is 0.167. The Morgan fingerprint density at radius 3 is 1.61 bits per heavy atom. The highest BCUT2D eigenvalue weighted by Gasteiger charge is 2.44. The van der Waals surface area contributed by atoms with E-state index in [-0.39, 0.29) is 13.2 Å². The fourth-order valence-corrected chi connectivity index (χ4v) is 6.73. The number of anilines is 2. The summed E-state index contributed by atoms with van der Waals surface area (Å²) in [5.74, 6) is 0. The van der Waals surface area contributed by atoms with Crippen LogP contribution in [-0.2, 0) is 17.8 Å². The van der Waals surface area contributed by atoms with Gasteiger partial charge in [0.25, 0.3) is 0 Å². The minimum Gasteiger partial charge on any atom is -0.396 e. The molecule has 0 amide bonds. The Morgan fingerprint density at radius 1 is 0.636 bits per heavy atom. The van der Waals surface area contributed by atoms with Gasteiger partial charge in [-0.3, -0.25) is 0 Å². The van der Waals surface area contributed by atoms with Crippen LogP contribution in [0, 0.1) is 0 Å². The molecule has 0 aromatic heterocycles. The molecule has 2 aliphatic rings. The number of aliphatic hydroxyl groups is 2. The van der Waals surface area contributed by atoms with Crippen molar-refractivity contribution >= 4 is 16.9 Å². The first-order valence-electron chi connectivity index (χ1n) is 14.9. The van der Waals surface area contributed by atoms with Crippen molar-refractivity contribution in [2.75, 3.05) is 18.1 Å². The maximum Gasteiger partial charge on any atom is 0.416 e. The van der Waals surface area contributed by atoms with Crippen molar-refractivity contribution in [1.82, 2.24) is 0 Å². The van der Waals surface area contributed by atoms with Gasteiger partial charge in [-0.05, 0) is 128 Å². The predicted octanol–water partition coefficient (Wildman–Crippen LogP) is 9.57. The van der Waals surface area contributed by atoms with Crippen LogP contribution in [0.2, 0.25) is 0 Å². The molecule has 0 saturated carbocycles. The summed E-state index contributed by atoms with van der Waals surface area (Å²) in [6.45, 7) is 0.133. The zero-order valence-corrected chi connectivity index (χ0v) is 24.2. The lowest BCUT2D eigenvalue weighted by atomic mass is 9.69. The van der Waals surface area contributed by atoms with Gasteiger partial charge in [0.05, 0.1) is 11.1 Å². The standard InChI is InChI=1S/C35H35F6NO2/c36-34(37,38)24-9-13-26(14-10-24)42(27-15-11-25(12-16-27)35(39,40)41)28-17-18-30-29-7-1-2-8-31(29)33(32(30)23-28,19-3-5-21-43)20-4-6-22-44/h1-2,7-16,23,43-44H,3-6,17-22H2. The Labute approximate surface area is 253 Å². The Morgan fingerprint density at radius 2 is 1.14 bits per heavy atom. The predicted molar refractivity (Wildman–Crippen MR) is 159 cm³/mol. The number of alkyl halides is 6. The minimum atomic E-state index is -4.53. The maximum absolute atomic E-state index is 13.4. The summed E-state index contributed by atoms with van der Waals surface area (Å²) in [7, 11) is 0. The zero-order chi connectivity index (χ0) is 31.5. The van der Waals surface area contributed by atoms with Crippen molar-refractivity contribution < 1.29 is 36.6 Å². The van der Waals surface area contributed by atoms with Crippen LogP contribution in [0.5, 0.6) is 0 Å². The van der Waals surface area contributed by atoms with Gasteiger partial charge >= 0.3 is 12.4 Å². The number of fused-ring (bicyclic) bond motifs is 2. The number of unbranched alkanes of at least 4 members (excludes halogenated alkanes) is 2. The van der Waals surface area contributed by atoms with E-state index < -0.39 is 28.9 Å². The van der Waals surface area contributed by atoms with Crippen LogP contribution in [0.4, 0.5) is 37.7 Å². The van der Waals surface area contributed by atoms with Crippen molar-refractivity contribution in [3.63, 3.8) is 0 Å². The number of benzene rings is 3. The highest BCUT2D eigenvalue weighted by atomic mass is 19.4. The zero-order valence-electron chi connectivity index (χ0n) is 24.2. The van der Waals surface area contributed by atoms with Crippen molar-refractivity contribution in [3.05, 3.63) is 112 Å². The third kappa shape index (κ3) is 6.31. The number of aliphatic hydroxyl groups excluding tert-OH is 2. The molecule has 0 atom stereocenters. The summed E-state index contributed by atoms with van der Waals surface area (Å²) >= 11 is 0. The number of hydrogen-bond donors (Lipinski definition) is 2. The summed E-state index contributed by atoms with van der Waals surface area (Å²) < 4.78 is 80.4. The SMILES string of the molecule is OCCCCC1(CCCCO)C2=C(CCC(N(c3ccc(C(F)(F)F)cc3)c3ccc(C(F)(F)F)cc3)=C2)c2ccccc21. The second kappa shape index (κ2) is 12.8. The van der Waals surface area contributed by atoms with Gasteiger partial charge in [0.2, 0.25) is 0 Å². The van der Waals surface area contributed by atoms with Crippen LogP contribution in [0.3, 0.4) is 0 Å². The van der Waals surface area contributed by atoms with E-state index in [1.807, 2.05) is 12.1 Å². The highest BCUT2D eigenvalue weighted by molar-refractivity contribution is 5.85. The molecule has 3 aromatic carbocycles. The third-order valence-electron chi connectivity index (χ3n) is 8.77. The van der Waals surface area contributed by atoms with Crippen LogP contribution in [0.25, 0.3) is 5.57 Å². The second-order valence-electron chi connectivity index (χ2n) is 11.4. The molecule has 0 saturated heterocycles. The molecule has 0 heterocycles. The van der Waals surface area contributed by atoms with E-state index in [4.69, 9.17) is 0 Å². The number of halogens is 6. The fraction of sp³-hybridized carbons (Fsp3) is 0.371. The maximum atomic E-state index is 13.4. The van der Waals surface area contributed by atoms with Gasteiger partial charge in [0.1, 0.15) is 0 Å². The number of hydrogen-bond acceptors (Lipinski definition) is 3. The van der Waals surface area contributed by atoms with Crippen molar-refractivity contribution in [2.45, 2.75) is 69.1 Å². The topological polar surface area (TPSA) is 43.7 Å². The Balaban J connectivity index is 1.65. The summed E-state index contributed by atoms with van der Waals surface area (Å²) in [4.78, 5) is 1.75. The number of allylic oxidation sites excluding steroid dienone is 4. The largest absolute Gasteiger partial charge is 0.416 e. The molecule has 9 heteroatoms. The molecule has 3 nitrogen and oxygen atoms in total. The summed E-state index contributed by atoms with van der Waals surface area (Å²) in [6.07, 6.45) is -1.48. The van der Waals surface area contributed by atoms with Crippen molar-refractivity contribution in [3.8, 4) is 0 Å². The smallest absolute Gasteiger partial charge is 0.396 e. The lowest BCUT2D eigenvalue weighted by Gasteiger charge is -2.37. The van der Waals surface area contributed by atoms with Gasteiger partial charge in [-0.1, -0.05) is 24.3 Å². The normalized spacial score (nSPS) is 16.0. The first-order chi connectivity index (χ1) is 21.0. The molecule has 0 bridgehead atoms. The van der Waals surface area contributed by atoms with Crippen LogP contribution < -0.4 is 4.90 Å². The second-order valence-corrected chi connectivity index (χ2v) is 11.4. The molecule has 234 valence electrons. The molecule has 0 aliphatic heterocycles. The van der Waals surface area contributed by atoms with Crippen molar-refractivity contribution in [2.24, 2.45) is 0 Å². The van der Waals surface area contributed by atoms with E-state index in [1.54, 1.807) is 4.90 Å². The first kappa shape index (κ1) is 31.9. The van der Waals surface area contributed by atoms with Crippen molar-refractivity contribution in [1.29, 1.82) is 0 Å². The molecule has 2 aliphatic carbocycles. The van der Waals surface area contributed by atoms with Crippen LogP contribution in [-0.4, -0.2) is 23.4 Å². The van der Waals surface area contributed by atoms with Gasteiger partial charge in [-0.25, -0.2) is 0 Å². The first-order valence-corrected chi connectivity index (χ1v) is 14.9. The van der Waals surface area contributed by atoms with Crippen LogP contribution in [0.1, 0.15) is 73.6 Å². The Kier molecular flexibility index (Phi) is 9.28. The Hall–Kier alpha value is -3.56. The highest BCUT2D eigenvalue weighted by Crippen LogP contribution is 2.56. The van der Waals surface area contributed by atoms with Gasteiger partial charge in [-0.15, -0.1) is 0 Å². The van der Waals surface area contributed by atoms with Gasteiger partial charge < -0.3 is 15.1 Å². The van der Waals surface area contributed by atoms with Crippen LogP contribution >= 0.6 is 0 Å². The van der Waals surface area contributed by atoms with E-state index in [1.165, 1.54) is 35.4 Å². The molecule has 44 heavy (non-hydrogen) atoms. The molecular formula is C35H35F6NO2. The summed E-state index contributed by atoms with van der Waals surface area (Å²) in [6, 6.07) is 17.6. The van der Waals surface area contributed by atoms with Gasteiger partial charge in [0.15, 0.2) is 0 Å². The molecule has 0 spiro atoms. The lowest BCUT2D eigenvalue weighted by Crippen LogP contribution is -2.28. The number of nitrogens with zero attached hydrogens (tertiary/aromatic N) is 1.